The van der Waals surface area contributed by atoms with Gasteiger partial charge in [0.1, 0.15) is 5.82 Å². The summed E-state index contributed by atoms with van der Waals surface area (Å²) >= 11 is 0. The number of benzene rings is 2. The van der Waals surface area contributed by atoms with Gasteiger partial charge in [0.15, 0.2) is 11.3 Å². The summed E-state index contributed by atoms with van der Waals surface area (Å²) < 4.78 is 7.37. The molecule has 0 N–H and O–H groups in total. The van der Waals surface area contributed by atoms with Crippen molar-refractivity contribution in [2.75, 3.05) is 13.7 Å². The molecular formula is C20H20N4O. The van der Waals surface area contributed by atoms with Gasteiger partial charge in [-0.25, -0.2) is 15.0 Å². The van der Waals surface area contributed by atoms with E-state index in [9.17, 15) is 0 Å². The molecule has 2 heterocycles. The molecule has 0 amide bonds. The van der Waals surface area contributed by atoms with Gasteiger partial charge >= 0.3 is 0 Å². The Morgan fingerprint density at radius 2 is 1.64 bits per heavy atom. The summed E-state index contributed by atoms with van der Waals surface area (Å²) in [6.07, 6.45) is 0.898. The van der Waals surface area contributed by atoms with Crippen LogP contribution < -0.4 is 0 Å². The molecule has 0 saturated heterocycles. The minimum absolute atomic E-state index is 0.687. The van der Waals surface area contributed by atoms with Gasteiger partial charge in [0, 0.05) is 25.8 Å². The van der Waals surface area contributed by atoms with Crippen LogP contribution >= 0.6 is 0 Å². The lowest BCUT2D eigenvalue weighted by Crippen LogP contribution is -2.04. The molecule has 0 atom stereocenters. The number of para-hydroxylation sites is 2. The van der Waals surface area contributed by atoms with Crippen molar-refractivity contribution in [3.8, 4) is 11.4 Å². The van der Waals surface area contributed by atoms with E-state index in [1.165, 1.54) is 5.56 Å². The van der Waals surface area contributed by atoms with Crippen LogP contribution in [0.15, 0.2) is 48.5 Å². The normalized spacial score (nSPS) is 11.4. The summed E-state index contributed by atoms with van der Waals surface area (Å²) in [5.41, 5.74) is 5.57. The van der Waals surface area contributed by atoms with Crippen molar-refractivity contribution < 1.29 is 4.74 Å². The highest BCUT2D eigenvalue weighted by Gasteiger charge is 2.15. The van der Waals surface area contributed by atoms with Gasteiger partial charge in [-0.3, -0.25) is 0 Å². The molecule has 0 aliphatic rings. The third-order valence-corrected chi connectivity index (χ3v) is 4.30. The fourth-order valence-electron chi connectivity index (χ4n) is 3.00. The summed E-state index contributed by atoms with van der Waals surface area (Å²) in [4.78, 5) is 14.3. The Labute approximate surface area is 146 Å². The van der Waals surface area contributed by atoms with E-state index in [1.807, 2.05) is 24.3 Å². The Morgan fingerprint density at radius 1 is 0.920 bits per heavy atom. The monoisotopic (exact) mass is 332 g/mol. The number of methoxy groups -OCH3 is 1. The van der Waals surface area contributed by atoms with Gasteiger partial charge in [-0.2, -0.15) is 0 Å². The molecule has 0 aliphatic heterocycles. The topological polar surface area (TPSA) is 52.8 Å². The van der Waals surface area contributed by atoms with Gasteiger partial charge in [-0.1, -0.05) is 42.0 Å². The van der Waals surface area contributed by atoms with Crippen LogP contribution in [0.5, 0.6) is 0 Å². The molecule has 5 nitrogen and oxygen atoms in total. The van der Waals surface area contributed by atoms with Gasteiger partial charge in [0.25, 0.3) is 0 Å². The van der Waals surface area contributed by atoms with E-state index in [-0.39, 0.29) is 0 Å². The lowest BCUT2D eigenvalue weighted by Gasteiger charge is -2.09. The number of hydrogen-bond acceptors (Lipinski definition) is 4. The van der Waals surface area contributed by atoms with Crippen molar-refractivity contribution in [2.45, 2.75) is 19.9 Å². The summed E-state index contributed by atoms with van der Waals surface area (Å²) in [6, 6.07) is 16.3. The lowest BCUT2D eigenvalue weighted by molar-refractivity contribution is 0.191. The van der Waals surface area contributed by atoms with Crippen LogP contribution in [0.1, 0.15) is 12.0 Å². The summed E-state index contributed by atoms with van der Waals surface area (Å²) in [7, 11) is 1.72. The Morgan fingerprint density at radius 3 is 2.36 bits per heavy atom. The number of aromatic nitrogens is 4. The van der Waals surface area contributed by atoms with Gasteiger partial charge in [-0.15, -0.1) is 0 Å². The van der Waals surface area contributed by atoms with Gasteiger partial charge in [0.05, 0.1) is 11.0 Å². The second-order valence-corrected chi connectivity index (χ2v) is 6.16. The number of fused-ring (bicyclic) bond motifs is 2. The molecule has 0 bridgehead atoms. The van der Waals surface area contributed by atoms with Gasteiger partial charge in [-0.05, 0) is 25.5 Å². The van der Waals surface area contributed by atoms with Gasteiger partial charge < -0.3 is 9.30 Å². The number of nitrogens with zero attached hydrogens (tertiary/aromatic N) is 4. The minimum Gasteiger partial charge on any atom is -0.385 e. The van der Waals surface area contributed by atoms with Crippen LogP contribution in [0.4, 0.5) is 0 Å². The summed E-state index contributed by atoms with van der Waals surface area (Å²) in [5.74, 6) is 0.904. The Balaban J connectivity index is 1.91. The Bertz CT molecular complexity index is 1020. The van der Waals surface area contributed by atoms with Crippen LogP contribution in [0.25, 0.3) is 33.7 Å². The zero-order chi connectivity index (χ0) is 17.2. The molecule has 2 aromatic heterocycles. The van der Waals surface area contributed by atoms with Crippen LogP contribution in [0, 0.1) is 6.92 Å². The number of ether oxygens (including phenoxy) is 1. The van der Waals surface area contributed by atoms with Gasteiger partial charge in [0.2, 0.25) is 0 Å². The Hall–Kier alpha value is -2.79. The molecule has 2 aromatic carbocycles. The van der Waals surface area contributed by atoms with Crippen LogP contribution in [0.3, 0.4) is 0 Å². The standard InChI is InChI=1S/C20H20N4O/c1-14-8-10-15(11-9-14)19-23-18-20(24(19)12-5-13-25-2)22-17-7-4-3-6-16(17)21-18/h3-4,6-11H,5,12-13H2,1-2H3. The molecule has 0 aliphatic carbocycles. The highest BCUT2D eigenvalue weighted by Crippen LogP contribution is 2.25. The predicted octanol–water partition coefficient (Wildman–Crippen LogP) is 3.99. The second-order valence-electron chi connectivity index (χ2n) is 6.16. The van der Waals surface area contributed by atoms with E-state index in [1.54, 1.807) is 7.11 Å². The summed E-state index contributed by atoms with van der Waals surface area (Å²) in [5, 5.41) is 0. The molecule has 126 valence electrons. The molecule has 4 rings (SSSR count). The number of imidazole rings is 1. The lowest BCUT2D eigenvalue weighted by atomic mass is 10.1. The molecule has 0 fully saturated rings. The average molecular weight is 332 g/mol. The highest BCUT2D eigenvalue weighted by molar-refractivity contribution is 5.84. The smallest absolute Gasteiger partial charge is 0.198 e. The van der Waals surface area contributed by atoms with E-state index in [0.717, 1.165) is 41.0 Å². The highest BCUT2D eigenvalue weighted by atomic mass is 16.5. The quantitative estimate of drug-likeness (QED) is 0.519. The second kappa shape index (κ2) is 6.61. The average Bonchev–Trinajstić information content (AvgIpc) is 2.98. The maximum absolute atomic E-state index is 5.21. The van der Waals surface area contributed by atoms with Crippen molar-refractivity contribution in [3.63, 3.8) is 0 Å². The molecule has 5 heteroatoms. The van der Waals surface area contributed by atoms with E-state index in [4.69, 9.17) is 19.7 Å². The molecule has 0 radical (unpaired) electrons. The van der Waals surface area contributed by atoms with Crippen LogP contribution in [0.2, 0.25) is 0 Å². The Kier molecular flexibility index (Phi) is 4.15. The first-order valence-corrected chi connectivity index (χ1v) is 8.45. The van der Waals surface area contributed by atoms with E-state index >= 15 is 0 Å². The third kappa shape index (κ3) is 2.98. The van der Waals surface area contributed by atoms with E-state index in [0.29, 0.717) is 12.3 Å². The summed E-state index contributed by atoms with van der Waals surface area (Å²) in [6.45, 7) is 3.58. The van der Waals surface area contributed by atoms with Crippen molar-refractivity contribution in [1.29, 1.82) is 0 Å². The molecule has 25 heavy (non-hydrogen) atoms. The molecular weight excluding hydrogens is 312 g/mol. The minimum atomic E-state index is 0.687. The van der Waals surface area contributed by atoms with E-state index in [2.05, 4.69) is 35.8 Å². The fraction of sp³-hybridized carbons (Fsp3) is 0.250. The SMILES string of the molecule is COCCCn1c(-c2ccc(C)cc2)nc2nc3ccccc3nc21. The first-order chi connectivity index (χ1) is 12.3. The van der Waals surface area contributed by atoms with Crippen molar-refractivity contribution >= 4 is 22.3 Å². The maximum atomic E-state index is 5.21. The van der Waals surface area contributed by atoms with Crippen molar-refractivity contribution in [1.82, 2.24) is 19.5 Å². The maximum Gasteiger partial charge on any atom is 0.198 e. The number of rotatable bonds is 5. The fourth-order valence-corrected chi connectivity index (χ4v) is 3.00. The van der Waals surface area contributed by atoms with Crippen LogP contribution in [-0.2, 0) is 11.3 Å². The van der Waals surface area contributed by atoms with Crippen LogP contribution in [-0.4, -0.2) is 33.2 Å². The predicted molar refractivity (Wildman–Crippen MR) is 99.5 cm³/mol. The molecule has 4 aromatic rings. The first kappa shape index (κ1) is 15.7. The molecule has 0 spiro atoms. The largest absolute Gasteiger partial charge is 0.385 e. The van der Waals surface area contributed by atoms with Crippen molar-refractivity contribution in [3.05, 3.63) is 54.1 Å². The number of aryl methyl sites for hydroxylation is 2. The zero-order valence-electron chi connectivity index (χ0n) is 14.4. The third-order valence-electron chi connectivity index (χ3n) is 4.30. The first-order valence-electron chi connectivity index (χ1n) is 8.45. The van der Waals surface area contributed by atoms with Crippen molar-refractivity contribution in [2.24, 2.45) is 0 Å². The zero-order valence-corrected chi connectivity index (χ0v) is 14.4. The molecule has 0 saturated carbocycles. The van der Waals surface area contributed by atoms with E-state index < -0.39 is 0 Å². The number of hydrogen-bond donors (Lipinski definition) is 0. The molecule has 0 unspecified atom stereocenters.